The highest BCUT2D eigenvalue weighted by atomic mass is 16.5. The highest BCUT2D eigenvalue weighted by molar-refractivity contribution is 5.77. The molecule has 1 saturated heterocycles. The van der Waals surface area contributed by atoms with Gasteiger partial charge in [0.15, 0.2) is 6.61 Å². The molecule has 1 aromatic rings. The zero-order valence-electron chi connectivity index (χ0n) is 13.8. The number of aliphatic hydroxyl groups excluding tert-OH is 2. The van der Waals surface area contributed by atoms with E-state index in [0.717, 1.165) is 31.5 Å². The quantitative estimate of drug-likeness (QED) is 0.545. The summed E-state index contributed by atoms with van der Waals surface area (Å²) < 4.78 is 5.61. The minimum Gasteiger partial charge on any atom is -0.483 e. The standard InChI is InChI=1S/C18H26N2O4/c21-14-9-13-3-1-2-4-16(13)24-11-17(23)20-12-18(10-15(14)22)5-7-19-8-6-18/h1-4,14-15,19,21-22H,5-12H2,(H,20,23)/t14-,15+/m0/s1. The average molecular weight is 334 g/mol. The summed E-state index contributed by atoms with van der Waals surface area (Å²) in [6.07, 6.45) is 0.860. The number of carbonyl (C=O) groups excluding carboxylic acids is 1. The van der Waals surface area contributed by atoms with Gasteiger partial charge >= 0.3 is 0 Å². The van der Waals surface area contributed by atoms with Crippen LogP contribution < -0.4 is 15.4 Å². The maximum atomic E-state index is 12.1. The molecule has 0 aromatic heterocycles. The molecule has 2 atom stereocenters. The first kappa shape index (κ1) is 17.2. The van der Waals surface area contributed by atoms with Gasteiger partial charge in [-0.3, -0.25) is 4.79 Å². The molecule has 3 rings (SSSR count). The third kappa shape index (κ3) is 4.06. The maximum absolute atomic E-state index is 12.1. The van der Waals surface area contributed by atoms with Crippen LogP contribution in [0.15, 0.2) is 24.3 Å². The van der Waals surface area contributed by atoms with E-state index in [4.69, 9.17) is 4.74 Å². The van der Waals surface area contributed by atoms with Crippen molar-refractivity contribution in [2.24, 2.45) is 5.41 Å². The minimum atomic E-state index is -0.850. The molecule has 6 heteroatoms. The van der Waals surface area contributed by atoms with E-state index in [9.17, 15) is 15.0 Å². The van der Waals surface area contributed by atoms with Gasteiger partial charge in [-0.15, -0.1) is 0 Å². The Balaban J connectivity index is 1.82. The first-order chi connectivity index (χ1) is 11.6. The van der Waals surface area contributed by atoms with Crippen molar-refractivity contribution in [3.8, 4) is 5.75 Å². The van der Waals surface area contributed by atoms with Gasteiger partial charge in [-0.25, -0.2) is 0 Å². The lowest BCUT2D eigenvalue weighted by molar-refractivity contribution is -0.124. The van der Waals surface area contributed by atoms with Gasteiger partial charge in [0.05, 0.1) is 12.2 Å². The van der Waals surface area contributed by atoms with Gasteiger partial charge in [-0.05, 0) is 49.4 Å². The Labute approximate surface area is 142 Å². The van der Waals surface area contributed by atoms with Gasteiger partial charge in [-0.1, -0.05) is 18.2 Å². The van der Waals surface area contributed by atoms with E-state index >= 15 is 0 Å². The molecule has 2 aliphatic rings. The number of carbonyl (C=O) groups is 1. The topological polar surface area (TPSA) is 90.8 Å². The number of hydrogen-bond donors (Lipinski definition) is 4. The fraction of sp³-hybridized carbons (Fsp3) is 0.611. The van der Waals surface area contributed by atoms with Crippen molar-refractivity contribution in [3.05, 3.63) is 29.8 Å². The van der Waals surface area contributed by atoms with Crippen LogP contribution >= 0.6 is 0 Å². The fourth-order valence-electron chi connectivity index (χ4n) is 3.64. The van der Waals surface area contributed by atoms with Crippen LogP contribution in [0, 0.1) is 5.41 Å². The summed E-state index contributed by atoms with van der Waals surface area (Å²) in [5.74, 6) is 0.425. The van der Waals surface area contributed by atoms with Gasteiger partial charge in [0, 0.05) is 13.0 Å². The Morgan fingerprint density at radius 1 is 1.12 bits per heavy atom. The summed E-state index contributed by atoms with van der Waals surface area (Å²) in [4.78, 5) is 12.1. The third-order valence-electron chi connectivity index (χ3n) is 5.17. The van der Waals surface area contributed by atoms with Gasteiger partial charge in [0.1, 0.15) is 5.75 Å². The predicted octanol–water partition coefficient (Wildman–Crippen LogP) is 0.219. The lowest BCUT2D eigenvalue weighted by Gasteiger charge is -2.40. The van der Waals surface area contributed by atoms with Crippen LogP contribution in [0.3, 0.4) is 0 Å². The molecular weight excluding hydrogens is 308 g/mol. The number of hydrogen-bond acceptors (Lipinski definition) is 5. The molecule has 1 fully saturated rings. The van der Waals surface area contributed by atoms with Crippen molar-refractivity contribution in [2.75, 3.05) is 26.2 Å². The average Bonchev–Trinajstić information content (AvgIpc) is 2.59. The second kappa shape index (κ2) is 7.51. The molecule has 1 amide bonds. The number of piperidine rings is 1. The molecule has 0 aliphatic carbocycles. The summed E-state index contributed by atoms with van der Waals surface area (Å²) in [6.45, 7) is 2.18. The van der Waals surface area contributed by atoms with E-state index < -0.39 is 12.2 Å². The highest BCUT2D eigenvalue weighted by Crippen LogP contribution is 2.35. The van der Waals surface area contributed by atoms with Gasteiger partial charge in [-0.2, -0.15) is 0 Å². The van der Waals surface area contributed by atoms with E-state index in [-0.39, 0.29) is 17.9 Å². The molecule has 6 nitrogen and oxygen atoms in total. The molecule has 132 valence electrons. The van der Waals surface area contributed by atoms with Crippen LogP contribution in [0.5, 0.6) is 5.75 Å². The van der Waals surface area contributed by atoms with E-state index in [0.29, 0.717) is 25.1 Å². The lowest BCUT2D eigenvalue weighted by Crippen LogP contribution is -2.48. The summed E-state index contributed by atoms with van der Waals surface area (Å²) in [7, 11) is 0. The van der Waals surface area contributed by atoms with Crippen LogP contribution in [0.25, 0.3) is 0 Å². The van der Waals surface area contributed by atoms with Crippen LogP contribution in [0.1, 0.15) is 24.8 Å². The Bertz CT molecular complexity index is 572. The maximum Gasteiger partial charge on any atom is 0.257 e. The number of rotatable bonds is 0. The van der Waals surface area contributed by atoms with E-state index in [1.165, 1.54) is 0 Å². The second-order valence-corrected chi connectivity index (χ2v) is 6.97. The number of ether oxygens (including phenoxy) is 1. The first-order valence-electron chi connectivity index (χ1n) is 8.62. The van der Waals surface area contributed by atoms with Crippen molar-refractivity contribution in [3.63, 3.8) is 0 Å². The van der Waals surface area contributed by atoms with Crippen molar-refractivity contribution < 1.29 is 19.7 Å². The Morgan fingerprint density at radius 2 is 1.88 bits per heavy atom. The predicted molar refractivity (Wildman–Crippen MR) is 89.8 cm³/mol. The summed E-state index contributed by atoms with van der Waals surface area (Å²) in [6, 6.07) is 7.33. The van der Waals surface area contributed by atoms with Crippen LogP contribution in [0.4, 0.5) is 0 Å². The van der Waals surface area contributed by atoms with E-state index in [2.05, 4.69) is 10.6 Å². The fourth-order valence-corrected chi connectivity index (χ4v) is 3.64. The molecule has 0 radical (unpaired) electrons. The molecule has 2 heterocycles. The zero-order chi connectivity index (χ0) is 17.0. The summed E-state index contributed by atoms with van der Waals surface area (Å²) in [5, 5.41) is 27.3. The number of fused-ring (bicyclic) bond motifs is 1. The number of aliphatic hydroxyl groups is 2. The third-order valence-corrected chi connectivity index (χ3v) is 5.17. The number of benzene rings is 1. The van der Waals surface area contributed by atoms with Crippen LogP contribution in [-0.4, -0.2) is 54.6 Å². The lowest BCUT2D eigenvalue weighted by atomic mass is 9.73. The van der Waals surface area contributed by atoms with E-state index in [1.807, 2.05) is 18.2 Å². The van der Waals surface area contributed by atoms with Gasteiger partial charge < -0.3 is 25.6 Å². The Morgan fingerprint density at radius 3 is 2.67 bits per heavy atom. The first-order valence-corrected chi connectivity index (χ1v) is 8.62. The number of amides is 1. The molecule has 2 aliphatic heterocycles. The SMILES string of the molecule is O=C1COc2ccccc2C[C@H](O)[C@H](O)CC2(CCNCC2)CN1. The highest BCUT2D eigenvalue weighted by Gasteiger charge is 2.36. The largest absolute Gasteiger partial charge is 0.483 e. The molecule has 0 saturated carbocycles. The van der Waals surface area contributed by atoms with E-state index in [1.54, 1.807) is 6.07 Å². The van der Waals surface area contributed by atoms with Crippen molar-refractivity contribution in [1.29, 1.82) is 0 Å². The van der Waals surface area contributed by atoms with Gasteiger partial charge in [0.2, 0.25) is 0 Å². The smallest absolute Gasteiger partial charge is 0.257 e. The molecule has 0 bridgehead atoms. The second-order valence-electron chi connectivity index (χ2n) is 6.97. The number of para-hydroxylation sites is 1. The minimum absolute atomic E-state index is 0.0377. The monoisotopic (exact) mass is 334 g/mol. The Hall–Kier alpha value is -1.63. The Kier molecular flexibility index (Phi) is 5.38. The van der Waals surface area contributed by atoms with Crippen molar-refractivity contribution >= 4 is 5.91 Å². The zero-order valence-corrected chi connectivity index (χ0v) is 13.8. The molecule has 1 spiro atoms. The van der Waals surface area contributed by atoms with Crippen molar-refractivity contribution in [1.82, 2.24) is 10.6 Å². The van der Waals surface area contributed by atoms with Crippen LogP contribution in [-0.2, 0) is 11.2 Å². The summed E-state index contributed by atoms with van der Waals surface area (Å²) >= 11 is 0. The van der Waals surface area contributed by atoms with Crippen LogP contribution in [0.2, 0.25) is 0 Å². The molecule has 24 heavy (non-hydrogen) atoms. The number of nitrogens with one attached hydrogen (secondary N) is 2. The van der Waals surface area contributed by atoms with Gasteiger partial charge in [0.25, 0.3) is 5.91 Å². The molecule has 1 aromatic carbocycles. The molecule has 4 N–H and O–H groups in total. The summed E-state index contributed by atoms with van der Waals surface area (Å²) in [5.41, 5.74) is 0.622. The molecular formula is C18H26N2O4. The van der Waals surface area contributed by atoms with Crippen molar-refractivity contribution in [2.45, 2.75) is 37.9 Å². The normalized spacial score (nSPS) is 28.0. The molecule has 0 unspecified atom stereocenters.